The summed E-state index contributed by atoms with van der Waals surface area (Å²) in [7, 11) is 0. The Morgan fingerprint density at radius 1 is 1.38 bits per heavy atom. The number of benzene rings is 1. The molecule has 0 heterocycles. The third-order valence-electron chi connectivity index (χ3n) is 2.11. The molecule has 13 heavy (non-hydrogen) atoms. The van der Waals surface area contributed by atoms with Gasteiger partial charge in [-0.15, -0.1) is 12.6 Å². The second-order valence-electron chi connectivity index (χ2n) is 3.32. The van der Waals surface area contributed by atoms with E-state index < -0.39 is 0 Å². The summed E-state index contributed by atoms with van der Waals surface area (Å²) in [6, 6.07) is 6.31. The van der Waals surface area contributed by atoms with Crippen LogP contribution in [-0.2, 0) is 11.2 Å². The minimum absolute atomic E-state index is 0.0408. The van der Waals surface area contributed by atoms with Gasteiger partial charge in [0, 0.05) is 6.42 Å². The van der Waals surface area contributed by atoms with E-state index in [9.17, 15) is 4.79 Å². The molecular weight excluding hydrogens is 180 g/mol. The van der Waals surface area contributed by atoms with Gasteiger partial charge < -0.3 is 0 Å². The van der Waals surface area contributed by atoms with Crippen LogP contribution in [0.15, 0.2) is 18.2 Å². The van der Waals surface area contributed by atoms with Gasteiger partial charge in [0.25, 0.3) is 0 Å². The third kappa shape index (κ3) is 3.23. The Morgan fingerprint density at radius 3 is 2.69 bits per heavy atom. The van der Waals surface area contributed by atoms with E-state index in [4.69, 9.17) is 0 Å². The molecule has 1 aromatic carbocycles. The van der Waals surface area contributed by atoms with E-state index in [1.54, 1.807) is 0 Å². The van der Waals surface area contributed by atoms with Gasteiger partial charge >= 0.3 is 0 Å². The lowest BCUT2D eigenvalue weighted by Gasteiger charge is -2.04. The highest BCUT2D eigenvalue weighted by molar-refractivity contribution is 7.96. The number of thiol groups is 1. The molecule has 0 aliphatic heterocycles. The number of aryl methyl sites for hydroxylation is 3. The maximum absolute atomic E-state index is 10.7. The summed E-state index contributed by atoms with van der Waals surface area (Å²) < 4.78 is 0. The van der Waals surface area contributed by atoms with Crippen molar-refractivity contribution in [2.24, 2.45) is 0 Å². The van der Waals surface area contributed by atoms with Gasteiger partial charge in [-0.05, 0) is 31.4 Å². The molecule has 70 valence electrons. The molecule has 1 nitrogen and oxygen atoms in total. The van der Waals surface area contributed by atoms with Gasteiger partial charge in [0.2, 0.25) is 0 Å². The van der Waals surface area contributed by atoms with Crippen LogP contribution < -0.4 is 0 Å². The average Bonchev–Trinajstić information content (AvgIpc) is 2.06. The highest BCUT2D eigenvalue weighted by atomic mass is 32.1. The average molecular weight is 194 g/mol. The molecule has 0 amide bonds. The van der Waals surface area contributed by atoms with Gasteiger partial charge in [0.1, 0.15) is 0 Å². The summed E-state index contributed by atoms with van der Waals surface area (Å²) in [4.78, 5) is 10.7. The molecule has 0 fully saturated rings. The fourth-order valence-electron chi connectivity index (χ4n) is 1.31. The summed E-state index contributed by atoms with van der Waals surface area (Å²) in [5, 5.41) is -0.0408. The standard InChI is InChI=1S/C11H14OS/c1-8-3-4-9(2)10(7-8)5-6-11(12)13/h3-4,7H,5-6H2,1-2H3,(H,12,13). The lowest BCUT2D eigenvalue weighted by Crippen LogP contribution is -1.94. The third-order valence-corrected chi connectivity index (χ3v) is 2.34. The molecule has 2 heteroatoms. The predicted molar refractivity (Wildman–Crippen MR) is 58.2 cm³/mol. The van der Waals surface area contributed by atoms with Crippen LogP contribution in [0.5, 0.6) is 0 Å². The smallest absolute Gasteiger partial charge is 0.186 e. The molecule has 0 aromatic heterocycles. The first-order valence-corrected chi connectivity index (χ1v) is 4.82. The van der Waals surface area contributed by atoms with Crippen molar-refractivity contribution in [2.75, 3.05) is 0 Å². The molecule has 0 unspecified atom stereocenters. The summed E-state index contributed by atoms with van der Waals surface area (Å²) in [5.41, 5.74) is 3.75. The summed E-state index contributed by atoms with van der Waals surface area (Å²) in [5.74, 6) is 0. The van der Waals surface area contributed by atoms with E-state index in [-0.39, 0.29) is 5.12 Å². The number of hydrogen-bond acceptors (Lipinski definition) is 1. The second-order valence-corrected chi connectivity index (χ2v) is 3.82. The zero-order valence-corrected chi connectivity index (χ0v) is 8.90. The van der Waals surface area contributed by atoms with E-state index in [1.165, 1.54) is 16.7 Å². The highest BCUT2D eigenvalue weighted by Crippen LogP contribution is 2.13. The minimum Gasteiger partial charge on any atom is -0.287 e. The summed E-state index contributed by atoms with van der Waals surface area (Å²) >= 11 is 3.75. The number of rotatable bonds is 3. The number of carbonyl (C=O) groups excluding carboxylic acids is 1. The molecule has 0 radical (unpaired) electrons. The SMILES string of the molecule is Cc1ccc(C)c(CCC(=O)S)c1. The Hall–Kier alpha value is -0.760. The van der Waals surface area contributed by atoms with E-state index in [0.29, 0.717) is 6.42 Å². The fraction of sp³-hybridized carbons (Fsp3) is 0.364. The van der Waals surface area contributed by atoms with Crippen molar-refractivity contribution in [3.8, 4) is 0 Å². The molecule has 0 bridgehead atoms. The molecule has 0 spiro atoms. The van der Waals surface area contributed by atoms with Crippen LogP contribution in [-0.4, -0.2) is 5.12 Å². The molecule has 0 N–H and O–H groups in total. The van der Waals surface area contributed by atoms with Crippen LogP contribution >= 0.6 is 12.6 Å². The predicted octanol–water partition coefficient (Wildman–Crippen LogP) is 2.69. The van der Waals surface area contributed by atoms with E-state index in [1.807, 2.05) is 0 Å². The van der Waals surface area contributed by atoms with Gasteiger partial charge in [-0.25, -0.2) is 0 Å². The molecular formula is C11H14OS. The van der Waals surface area contributed by atoms with Crippen molar-refractivity contribution >= 4 is 17.7 Å². The second kappa shape index (κ2) is 4.47. The van der Waals surface area contributed by atoms with E-state index >= 15 is 0 Å². The van der Waals surface area contributed by atoms with Crippen molar-refractivity contribution < 1.29 is 4.79 Å². The van der Waals surface area contributed by atoms with Crippen molar-refractivity contribution in [1.29, 1.82) is 0 Å². The molecule has 0 atom stereocenters. The normalized spacial score (nSPS) is 10.1. The largest absolute Gasteiger partial charge is 0.287 e. The molecule has 0 saturated heterocycles. The van der Waals surface area contributed by atoms with Gasteiger partial charge in [-0.3, -0.25) is 4.79 Å². The van der Waals surface area contributed by atoms with E-state index in [0.717, 1.165) is 6.42 Å². The quantitative estimate of drug-likeness (QED) is 0.732. The first-order valence-electron chi connectivity index (χ1n) is 4.37. The maximum Gasteiger partial charge on any atom is 0.186 e. The molecule has 1 aromatic rings. The van der Waals surface area contributed by atoms with Gasteiger partial charge in [0.05, 0.1) is 0 Å². The van der Waals surface area contributed by atoms with Crippen molar-refractivity contribution in [2.45, 2.75) is 26.7 Å². The molecule has 0 saturated carbocycles. The van der Waals surface area contributed by atoms with Crippen molar-refractivity contribution in [3.63, 3.8) is 0 Å². The lowest BCUT2D eigenvalue weighted by atomic mass is 10.0. The summed E-state index contributed by atoms with van der Waals surface area (Å²) in [6.45, 7) is 4.13. The Bertz CT molecular complexity index is 318. The Kier molecular flexibility index (Phi) is 3.55. The Morgan fingerprint density at radius 2 is 2.08 bits per heavy atom. The Balaban J connectivity index is 2.75. The first kappa shape index (κ1) is 10.3. The van der Waals surface area contributed by atoms with E-state index in [2.05, 4.69) is 44.7 Å². The van der Waals surface area contributed by atoms with Crippen molar-refractivity contribution in [3.05, 3.63) is 34.9 Å². The van der Waals surface area contributed by atoms with Crippen LogP contribution in [0.3, 0.4) is 0 Å². The summed E-state index contributed by atoms with van der Waals surface area (Å²) in [6.07, 6.45) is 1.32. The topological polar surface area (TPSA) is 17.1 Å². The fourth-order valence-corrected chi connectivity index (χ4v) is 1.42. The van der Waals surface area contributed by atoms with Gasteiger partial charge in [-0.2, -0.15) is 0 Å². The zero-order valence-electron chi connectivity index (χ0n) is 8.00. The molecule has 0 aliphatic rings. The van der Waals surface area contributed by atoms with Crippen LogP contribution in [0.25, 0.3) is 0 Å². The van der Waals surface area contributed by atoms with Crippen LogP contribution in [0.2, 0.25) is 0 Å². The monoisotopic (exact) mass is 194 g/mol. The van der Waals surface area contributed by atoms with Crippen LogP contribution in [0, 0.1) is 13.8 Å². The highest BCUT2D eigenvalue weighted by Gasteiger charge is 2.00. The lowest BCUT2D eigenvalue weighted by molar-refractivity contribution is -0.110. The van der Waals surface area contributed by atoms with Crippen molar-refractivity contribution in [1.82, 2.24) is 0 Å². The minimum atomic E-state index is -0.0408. The van der Waals surface area contributed by atoms with Gasteiger partial charge in [0.15, 0.2) is 5.12 Å². The maximum atomic E-state index is 10.7. The van der Waals surface area contributed by atoms with Crippen LogP contribution in [0.4, 0.5) is 0 Å². The number of carbonyl (C=O) groups is 1. The Labute approximate surface area is 84.6 Å². The zero-order chi connectivity index (χ0) is 9.84. The number of hydrogen-bond donors (Lipinski definition) is 1. The molecule has 0 aliphatic carbocycles. The first-order chi connectivity index (χ1) is 6.09. The molecule has 1 rings (SSSR count). The van der Waals surface area contributed by atoms with Gasteiger partial charge in [-0.1, -0.05) is 23.8 Å². The van der Waals surface area contributed by atoms with Crippen LogP contribution in [0.1, 0.15) is 23.1 Å².